The Balaban J connectivity index is 1.06. The highest BCUT2D eigenvalue weighted by molar-refractivity contribution is 7.26. The number of nitrogens with zero attached hydrogens (tertiary/aromatic N) is 1. The smallest absolute Gasteiger partial charge is 0.0726 e. The number of para-hydroxylation sites is 1. The molecule has 1 heterocycles. The van der Waals surface area contributed by atoms with E-state index in [9.17, 15) is 0 Å². The van der Waals surface area contributed by atoms with Crippen molar-refractivity contribution in [3.8, 4) is 44.5 Å². The van der Waals surface area contributed by atoms with E-state index in [1.54, 1.807) is 0 Å². The predicted octanol–water partition coefficient (Wildman–Crippen LogP) is 16.4. The van der Waals surface area contributed by atoms with E-state index < -0.39 is 5.41 Å². The lowest BCUT2D eigenvalue weighted by Gasteiger charge is -2.32. The van der Waals surface area contributed by atoms with Crippen molar-refractivity contribution in [1.82, 2.24) is 0 Å². The highest BCUT2D eigenvalue weighted by atomic mass is 32.1. The third-order valence-corrected chi connectivity index (χ3v) is 14.5. The quantitative estimate of drug-likeness (QED) is 0.168. The first kappa shape index (κ1) is 34.4. The van der Waals surface area contributed by atoms with Gasteiger partial charge in [0.25, 0.3) is 0 Å². The number of hydrogen-bond acceptors (Lipinski definition) is 2. The molecule has 11 aromatic rings. The van der Waals surface area contributed by atoms with E-state index in [4.69, 9.17) is 0 Å². The van der Waals surface area contributed by atoms with Gasteiger partial charge >= 0.3 is 0 Å². The van der Waals surface area contributed by atoms with Crippen molar-refractivity contribution < 1.29 is 0 Å². The van der Waals surface area contributed by atoms with Crippen LogP contribution < -0.4 is 4.90 Å². The minimum Gasteiger partial charge on any atom is -0.310 e. The van der Waals surface area contributed by atoms with Gasteiger partial charge in [-0.05, 0) is 103 Å². The summed E-state index contributed by atoms with van der Waals surface area (Å²) in [6, 6.07) is 83.5. The summed E-state index contributed by atoms with van der Waals surface area (Å²) < 4.78 is 2.62. The van der Waals surface area contributed by atoms with Crippen LogP contribution in [0, 0.1) is 0 Å². The number of thiophene rings is 1. The number of anilines is 3. The molecule has 0 amide bonds. The monoisotopic (exact) mass is 791 g/mol. The molecule has 0 saturated carbocycles. The molecule has 0 atom stereocenters. The summed E-state index contributed by atoms with van der Waals surface area (Å²) in [4.78, 5) is 2.50. The second-order valence-electron chi connectivity index (χ2n) is 16.3. The van der Waals surface area contributed by atoms with Crippen LogP contribution in [0.25, 0.3) is 75.5 Å². The zero-order valence-electron chi connectivity index (χ0n) is 33.2. The number of rotatable bonds is 5. The van der Waals surface area contributed by atoms with Crippen molar-refractivity contribution in [3.63, 3.8) is 0 Å². The fourth-order valence-electron chi connectivity index (χ4n) is 10.8. The van der Waals surface area contributed by atoms with Gasteiger partial charge in [0.1, 0.15) is 0 Å². The molecule has 0 bridgehead atoms. The van der Waals surface area contributed by atoms with E-state index in [0.29, 0.717) is 0 Å². The lowest BCUT2D eigenvalue weighted by Crippen LogP contribution is -2.26. The topological polar surface area (TPSA) is 3.24 Å². The molecule has 0 saturated heterocycles. The van der Waals surface area contributed by atoms with Gasteiger partial charge < -0.3 is 4.90 Å². The Hall–Kier alpha value is -7.52. The van der Waals surface area contributed by atoms with Crippen LogP contribution in [0.4, 0.5) is 17.1 Å². The Labute approximate surface area is 359 Å². The van der Waals surface area contributed by atoms with Crippen LogP contribution in [-0.2, 0) is 5.41 Å². The van der Waals surface area contributed by atoms with Gasteiger partial charge in [0.05, 0.1) is 11.1 Å². The molecule has 13 rings (SSSR count). The van der Waals surface area contributed by atoms with Crippen molar-refractivity contribution in [2.75, 3.05) is 4.90 Å². The molecule has 284 valence electrons. The Morgan fingerprint density at radius 3 is 1.57 bits per heavy atom. The number of benzene rings is 10. The van der Waals surface area contributed by atoms with E-state index in [0.717, 1.165) is 17.1 Å². The molecule has 2 aliphatic carbocycles. The molecule has 0 fully saturated rings. The zero-order chi connectivity index (χ0) is 40.1. The third kappa shape index (κ3) is 4.88. The molecule has 1 aromatic heterocycles. The summed E-state index contributed by atoms with van der Waals surface area (Å²) in [5.41, 5.74) is 18.4. The average Bonchev–Trinajstić information content (AvgIpc) is 3.96. The molecule has 0 N–H and O–H groups in total. The lowest BCUT2D eigenvalue weighted by molar-refractivity contribution is 0.793. The summed E-state index contributed by atoms with van der Waals surface area (Å²) >= 11 is 1.89. The molecule has 10 aromatic carbocycles. The van der Waals surface area contributed by atoms with Crippen molar-refractivity contribution in [3.05, 3.63) is 247 Å². The Morgan fingerprint density at radius 2 is 0.836 bits per heavy atom. The normalized spacial score (nSPS) is 13.0. The van der Waals surface area contributed by atoms with Crippen LogP contribution in [-0.4, -0.2) is 0 Å². The molecule has 0 unspecified atom stereocenters. The standard InChI is InChI=1S/C59H37NS/c1-2-17-42-38(15-1)16-13-23-43(42)39-31-33-40(34-32-39)60(56-29-11-6-21-48(56)50-24-14-25-51-49-22-7-12-30-57(49)61-58(50)51)41-35-36-47-46-20-5-10-28-54(46)59(55(47)37-41)52-26-8-3-18-44(52)45-19-4-9-27-53(45)59/h1-37H. The van der Waals surface area contributed by atoms with Gasteiger partial charge in [0, 0.05) is 42.7 Å². The summed E-state index contributed by atoms with van der Waals surface area (Å²) in [6.07, 6.45) is 0. The third-order valence-electron chi connectivity index (χ3n) is 13.3. The van der Waals surface area contributed by atoms with Crippen molar-refractivity contribution in [1.29, 1.82) is 0 Å². The molecular weight excluding hydrogens is 755 g/mol. The zero-order valence-corrected chi connectivity index (χ0v) is 34.0. The number of fused-ring (bicyclic) bond motifs is 14. The van der Waals surface area contributed by atoms with E-state index in [2.05, 4.69) is 229 Å². The van der Waals surface area contributed by atoms with Gasteiger partial charge in [-0.2, -0.15) is 0 Å². The van der Waals surface area contributed by atoms with Gasteiger partial charge in [0.15, 0.2) is 0 Å². The van der Waals surface area contributed by atoms with Crippen LogP contribution in [0.15, 0.2) is 224 Å². The predicted molar refractivity (Wildman–Crippen MR) is 259 cm³/mol. The van der Waals surface area contributed by atoms with Crippen LogP contribution in [0.5, 0.6) is 0 Å². The highest BCUT2D eigenvalue weighted by Gasteiger charge is 2.51. The minimum absolute atomic E-state index is 0.443. The maximum absolute atomic E-state index is 2.50. The molecule has 0 aliphatic heterocycles. The van der Waals surface area contributed by atoms with Gasteiger partial charge in [-0.3, -0.25) is 0 Å². The van der Waals surface area contributed by atoms with Crippen molar-refractivity contribution in [2.24, 2.45) is 0 Å². The van der Waals surface area contributed by atoms with Gasteiger partial charge in [-0.25, -0.2) is 0 Å². The molecular formula is C59H37NS. The Kier molecular flexibility index (Phi) is 7.46. The lowest BCUT2D eigenvalue weighted by atomic mass is 9.70. The molecule has 1 nitrogen and oxygen atoms in total. The first-order valence-corrected chi connectivity index (χ1v) is 21.9. The SMILES string of the molecule is c1ccc(N(c2ccc(-c3cccc4ccccc34)cc2)c2ccc3c(c2)C2(c4ccccc4-c4ccccc42)c2ccccc2-3)c(-c2cccc3c2sc2ccccc23)c1. The van der Waals surface area contributed by atoms with E-state index in [1.165, 1.54) is 97.7 Å². The van der Waals surface area contributed by atoms with E-state index in [1.807, 2.05) is 11.3 Å². The molecule has 1 spiro atoms. The first-order valence-electron chi connectivity index (χ1n) is 21.1. The summed E-state index contributed by atoms with van der Waals surface area (Å²) in [5, 5.41) is 5.12. The first-order chi connectivity index (χ1) is 30.3. The number of hydrogen-bond donors (Lipinski definition) is 0. The second kappa shape index (κ2) is 13.2. The molecule has 0 radical (unpaired) electrons. The average molecular weight is 792 g/mol. The van der Waals surface area contributed by atoms with Gasteiger partial charge in [-0.15, -0.1) is 11.3 Å². The summed E-state index contributed by atoms with van der Waals surface area (Å²) in [5.74, 6) is 0. The Morgan fingerprint density at radius 1 is 0.328 bits per heavy atom. The fraction of sp³-hybridized carbons (Fsp3) is 0.0169. The van der Waals surface area contributed by atoms with Crippen molar-refractivity contribution in [2.45, 2.75) is 5.41 Å². The highest BCUT2D eigenvalue weighted by Crippen LogP contribution is 2.63. The summed E-state index contributed by atoms with van der Waals surface area (Å²) in [6.45, 7) is 0. The van der Waals surface area contributed by atoms with Crippen LogP contribution >= 0.6 is 11.3 Å². The maximum atomic E-state index is 2.50. The van der Waals surface area contributed by atoms with Gasteiger partial charge in [0.2, 0.25) is 0 Å². The van der Waals surface area contributed by atoms with E-state index >= 15 is 0 Å². The van der Waals surface area contributed by atoms with Gasteiger partial charge in [-0.1, -0.05) is 188 Å². The van der Waals surface area contributed by atoms with E-state index in [-0.39, 0.29) is 0 Å². The fourth-order valence-corrected chi connectivity index (χ4v) is 12.0. The van der Waals surface area contributed by atoms with Crippen LogP contribution in [0.3, 0.4) is 0 Å². The Bertz CT molecular complexity index is 3490. The summed E-state index contributed by atoms with van der Waals surface area (Å²) in [7, 11) is 0. The van der Waals surface area contributed by atoms with Crippen LogP contribution in [0.1, 0.15) is 22.3 Å². The molecule has 2 aliphatic rings. The molecule has 2 heteroatoms. The second-order valence-corrected chi connectivity index (χ2v) is 17.4. The van der Waals surface area contributed by atoms with Crippen LogP contribution in [0.2, 0.25) is 0 Å². The van der Waals surface area contributed by atoms with Crippen molar-refractivity contribution >= 4 is 59.3 Å². The maximum Gasteiger partial charge on any atom is 0.0726 e. The molecule has 61 heavy (non-hydrogen) atoms. The largest absolute Gasteiger partial charge is 0.310 e. The minimum atomic E-state index is -0.443.